The van der Waals surface area contributed by atoms with E-state index in [-0.39, 0.29) is 5.91 Å². The van der Waals surface area contributed by atoms with Crippen molar-refractivity contribution in [3.05, 3.63) is 23.2 Å². The van der Waals surface area contributed by atoms with E-state index in [1.807, 2.05) is 7.05 Å². The summed E-state index contributed by atoms with van der Waals surface area (Å²) in [7, 11) is 3.55. The van der Waals surface area contributed by atoms with Crippen molar-refractivity contribution in [3.63, 3.8) is 0 Å². The Morgan fingerprint density at radius 3 is 2.71 bits per heavy atom. The average molecular weight is 312 g/mol. The van der Waals surface area contributed by atoms with E-state index < -0.39 is 0 Å². The summed E-state index contributed by atoms with van der Waals surface area (Å²) >= 11 is 6.04. The molecule has 21 heavy (non-hydrogen) atoms. The third-order valence-corrected chi connectivity index (χ3v) is 4.09. The normalized spacial score (nSPS) is 16.7. The minimum atomic E-state index is -0.0147. The minimum Gasteiger partial charge on any atom is -0.495 e. The van der Waals surface area contributed by atoms with Gasteiger partial charge in [0.05, 0.1) is 18.7 Å². The molecule has 0 spiro atoms. The largest absolute Gasteiger partial charge is 0.495 e. The summed E-state index contributed by atoms with van der Waals surface area (Å²) in [6, 6.07) is 5.81. The molecule has 1 aromatic rings. The number of methoxy groups -OCH3 is 1. The van der Waals surface area contributed by atoms with Crippen LogP contribution in [0.3, 0.4) is 0 Å². The Morgan fingerprint density at radius 1 is 1.43 bits per heavy atom. The predicted octanol–water partition coefficient (Wildman–Crippen LogP) is 1.97. The van der Waals surface area contributed by atoms with Crippen molar-refractivity contribution in [2.45, 2.75) is 18.9 Å². The molecule has 0 radical (unpaired) electrons. The SMILES string of the molecule is CNC1CCN(CC(=O)Nc2ccc(OC)c(Cl)c2)CC1. The van der Waals surface area contributed by atoms with Gasteiger partial charge in [0.25, 0.3) is 0 Å². The molecule has 2 N–H and O–H groups in total. The van der Waals surface area contributed by atoms with E-state index >= 15 is 0 Å². The number of ether oxygens (including phenoxy) is 1. The molecule has 0 atom stereocenters. The van der Waals surface area contributed by atoms with Crippen molar-refractivity contribution in [2.75, 3.05) is 39.1 Å². The second-order valence-electron chi connectivity index (χ2n) is 5.24. The number of anilines is 1. The first kappa shape index (κ1) is 16.1. The van der Waals surface area contributed by atoms with Gasteiger partial charge in [0, 0.05) is 24.8 Å². The minimum absolute atomic E-state index is 0.0147. The molecule has 1 aliphatic heterocycles. The summed E-state index contributed by atoms with van der Waals surface area (Å²) in [5.74, 6) is 0.586. The van der Waals surface area contributed by atoms with Crippen molar-refractivity contribution in [1.29, 1.82) is 0 Å². The summed E-state index contributed by atoms with van der Waals surface area (Å²) in [6.45, 7) is 2.31. The Morgan fingerprint density at radius 2 is 2.14 bits per heavy atom. The molecule has 0 unspecified atom stereocenters. The molecule has 1 aromatic carbocycles. The molecule has 1 amide bonds. The number of nitrogens with zero attached hydrogens (tertiary/aromatic N) is 1. The van der Waals surface area contributed by atoms with Crippen LogP contribution in [-0.4, -0.2) is 50.6 Å². The number of amides is 1. The topological polar surface area (TPSA) is 53.6 Å². The lowest BCUT2D eigenvalue weighted by Gasteiger charge is -2.31. The van der Waals surface area contributed by atoms with Crippen molar-refractivity contribution in [3.8, 4) is 5.75 Å². The van der Waals surface area contributed by atoms with Crippen LogP contribution in [-0.2, 0) is 4.79 Å². The third-order valence-electron chi connectivity index (χ3n) is 3.80. The fraction of sp³-hybridized carbons (Fsp3) is 0.533. The number of hydrogen-bond acceptors (Lipinski definition) is 4. The number of halogens is 1. The van der Waals surface area contributed by atoms with Gasteiger partial charge in [0.2, 0.25) is 5.91 Å². The van der Waals surface area contributed by atoms with Crippen LogP contribution >= 0.6 is 11.6 Å². The van der Waals surface area contributed by atoms with Crippen LogP contribution in [0.25, 0.3) is 0 Å². The maximum absolute atomic E-state index is 12.1. The Kier molecular flexibility index (Phi) is 5.85. The zero-order chi connectivity index (χ0) is 15.2. The van der Waals surface area contributed by atoms with E-state index in [1.54, 1.807) is 25.3 Å². The van der Waals surface area contributed by atoms with Gasteiger partial charge in [-0.3, -0.25) is 9.69 Å². The van der Waals surface area contributed by atoms with Crippen molar-refractivity contribution in [2.24, 2.45) is 0 Å². The lowest BCUT2D eigenvalue weighted by Crippen LogP contribution is -2.44. The second-order valence-corrected chi connectivity index (χ2v) is 5.64. The first-order valence-electron chi connectivity index (χ1n) is 7.15. The number of hydrogen-bond donors (Lipinski definition) is 2. The fourth-order valence-corrected chi connectivity index (χ4v) is 2.79. The molecular formula is C15H22ClN3O2. The van der Waals surface area contributed by atoms with Gasteiger partial charge < -0.3 is 15.4 Å². The van der Waals surface area contributed by atoms with Crippen LogP contribution in [0.1, 0.15) is 12.8 Å². The van der Waals surface area contributed by atoms with Crippen LogP contribution in [0.2, 0.25) is 5.02 Å². The first-order chi connectivity index (χ1) is 10.1. The zero-order valence-electron chi connectivity index (χ0n) is 12.5. The van der Waals surface area contributed by atoms with Crippen molar-refractivity contribution < 1.29 is 9.53 Å². The molecule has 1 heterocycles. The number of benzene rings is 1. The van der Waals surface area contributed by atoms with E-state index in [0.29, 0.717) is 29.0 Å². The molecular weight excluding hydrogens is 290 g/mol. The molecule has 116 valence electrons. The summed E-state index contributed by atoms with van der Waals surface area (Å²) in [5, 5.41) is 6.64. The quantitative estimate of drug-likeness (QED) is 0.873. The van der Waals surface area contributed by atoms with Gasteiger partial charge in [-0.1, -0.05) is 11.6 Å². The highest BCUT2D eigenvalue weighted by Gasteiger charge is 2.19. The Bertz CT molecular complexity index is 488. The second kappa shape index (κ2) is 7.64. The first-order valence-corrected chi connectivity index (χ1v) is 7.53. The summed E-state index contributed by atoms with van der Waals surface area (Å²) < 4.78 is 5.09. The summed E-state index contributed by atoms with van der Waals surface area (Å²) in [6.07, 6.45) is 2.16. The van der Waals surface area contributed by atoms with Crippen LogP contribution in [0.5, 0.6) is 5.75 Å². The Balaban J connectivity index is 1.83. The molecule has 5 nitrogen and oxygen atoms in total. The van der Waals surface area contributed by atoms with E-state index in [1.165, 1.54) is 0 Å². The van der Waals surface area contributed by atoms with Crippen molar-refractivity contribution >= 4 is 23.2 Å². The Labute approximate surface area is 130 Å². The van der Waals surface area contributed by atoms with Crippen LogP contribution in [0.4, 0.5) is 5.69 Å². The zero-order valence-corrected chi connectivity index (χ0v) is 13.2. The number of rotatable bonds is 5. The average Bonchev–Trinajstić information content (AvgIpc) is 2.48. The van der Waals surface area contributed by atoms with Gasteiger partial charge in [-0.2, -0.15) is 0 Å². The van der Waals surface area contributed by atoms with Gasteiger partial charge in [-0.15, -0.1) is 0 Å². The van der Waals surface area contributed by atoms with Gasteiger partial charge >= 0.3 is 0 Å². The molecule has 1 aliphatic rings. The highest BCUT2D eigenvalue weighted by atomic mass is 35.5. The lowest BCUT2D eigenvalue weighted by atomic mass is 10.1. The highest BCUT2D eigenvalue weighted by Crippen LogP contribution is 2.27. The van der Waals surface area contributed by atoms with Crippen LogP contribution in [0.15, 0.2) is 18.2 Å². The van der Waals surface area contributed by atoms with Gasteiger partial charge in [-0.25, -0.2) is 0 Å². The summed E-state index contributed by atoms with van der Waals surface area (Å²) in [5.41, 5.74) is 0.691. The number of nitrogens with one attached hydrogen (secondary N) is 2. The monoisotopic (exact) mass is 311 g/mol. The van der Waals surface area contributed by atoms with Gasteiger partial charge in [0.1, 0.15) is 5.75 Å². The lowest BCUT2D eigenvalue weighted by molar-refractivity contribution is -0.117. The Hall–Kier alpha value is -1.30. The van der Waals surface area contributed by atoms with Crippen LogP contribution < -0.4 is 15.4 Å². The van der Waals surface area contributed by atoms with Gasteiger partial charge in [0.15, 0.2) is 0 Å². The molecule has 6 heteroatoms. The summed E-state index contributed by atoms with van der Waals surface area (Å²) in [4.78, 5) is 14.2. The maximum Gasteiger partial charge on any atom is 0.238 e. The third kappa shape index (κ3) is 4.59. The standard InChI is InChI=1S/C15H22ClN3O2/c1-17-11-5-7-19(8-6-11)10-15(20)18-12-3-4-14(21-2)13(16)9-12/h3-4,9,11,17H,5-8,10H2,1-2H3,(H,18,20). The predicted molar refractivity (Wildman–Crippen MR) is 85.2 cm³/mol. The molecule has 0 aromatic heterocycles. The highest BCUT2D eigenvalue weighted by molar-refractivity contribution is 6.32. The smallest absolute Gasteiger partial charge is 0.238 e. The molecule has 0 aliphatic carbocycles. The number of carbonyl (C=O) groups excluding carboxylic acids is 1. The fourth-order valence-electron chi connectivity index (χ4n) is 2.53. The molecule has 0 bridgehead atoms. The number of carbonyl (C=O) groups is 1. The number of piperidine rings is 1. The van der Waals surface area contributed by atoms with Gasteiger partial charge in [-0.05, 0) is 38.1 Å². The maximum atomic E-state index is 12.1. The van der Waals surface area contributed by atoms with Crippen LogP contribution in [0, 0.1) is 0 Å². The molecule has 1 saturated heterocycles. The van der Waals surface area contributed by atoms with E-state index in [0.717, 1.165) is 25.9 Å². The van der Waals surface area contributed by atoms with E-state index in [2.05, 4.69) is 15.5 Å². The molecule has 2 rings (SSSR count). The van der Waals surface area contributed by atoms with Crippen molar-refractivity contribution in [1.82, 2.24) is 10.2 Å². The number of likely N-dealkylation sites (tertiary alicyclic amines) is 1. The molecule has 0 saturated carbocycles. The molecule has 1 fully saturated rings. The van der Waals surface area contributed by atoms with E-state index in [4.69, 9.17) is 16.3 Å². The van der Waals surface area contributed by atoms with E-state index in [9.17, 15) is 4.79 Å².